The minimum atomic E-state index is -0.801. The lowest BCUT2D eigenvalue weighted by molar-refractivity contribution is -0.148. The van der Waals surface area contributed by atoms with Gasteiger partial charge in [0, 0.05) is 6.92 Å². The molecule has 0 heterocycles. The van der Waals surface area contributed by atoms with E-state index in [2.05, 4.69) is 18.6 Å². The van der Waals surface area contributed by atoms with Crippen LogP contribution < -0.4 is 0 Å². The molecule has 0 aliphatic heterocycles. The second kappa shape index (κ2) is 7.30. The van der Waals surface area contributed by atoms with E-state index in [-0.39, 0.29) is 0 Å². The van der Waals surface area contributed by atoms with Crippen LogP contribution in [0.15, 0.2) is 12.3 Å². The summed E-state index contributed by atoms with van der Waals surface area (Å²) in [7, 11) is 0. The number of ketones is 1. The van der Waals surface area contributed by atoms with E-state index < -0.39 is 11.8 Å². The zero-order valence-electron chi connectivity index (χ0n) is 9.08. The Morgan fingerprint density at radius 1 is 1.36 bits per heavy atom. The van der Waals surface area contributed by atoms with Gasteiger partial charge >= 0.3 is 5.97 Å². The molecule has 0 unspecified atom stereocenters. The molecule has 3 heteroatoms. The van der Waals surface area contributed by atoms with Gasteiger partial charge in [-0.1, -0.05) is 20.3 Å². The number of carbonyl (C=O) groups excluding carboxylic acids is 2. The first-order valence-corrected chi connectivity index (χ1v) is 4.90. The Morgan fingerprint density at radius 3 is 2.50 bits per heavy atom. The van der Waals surface area contributed by atoms with Crippen LogP contribution in [0, 0.1) is 5.92 Å². The highest BCUT2D eigenvalue weighted by Crippen LogP contribution is 2.06. The molecule has 0 spiro atoms. The summed E-state index contributed by atoms with van der Waals surface area (Å²) >= 11 is 0. The van der Waals surface area contributed by atoms with Crippen LogP contribution in [-0.4, -0.2) is 11.8 Å². The molecule has 0 amide bonds. The zero-order valence-corrected chi connectivity index (χ0v) is 9.08. The first-order chi connectivity index (χ1) is 6.54. The van der Waals surface area contributed by atoms with Gasteiger partial charge in [-0.3, -0.25) is 4.79 Å². The second-order valence-corrected chi connectivity index (χ2v) is 3.66. The third-order valence-electron chi connectivity index (χ3n) is 1.71. The van der Waals surface area contributed by atoms with Gasteiger partial charge in [0.1, 0.15) is 0 Å². The molecular weight excluding hydrogens is 180 g/mol. The Balaban J connectivity index is 3.45. The van der Waals surface area contributed by atoms with E-state index in [0.29, 0.717) is 5.92 Å². The summed E-state index contributed by atoms with van der Waals surface area (Å²) < 4.78 is 4.54. The monoisotopic (exact) mass is 198 g/mol. The fourth-order valence-corrected chi connectivity index (χ4v) is 0.905. The third-order valence-corrected chi connectivity index (χ3v) is 1.71. The van der Waals surface area contributed by atoms with E-state index in [1.807, 2.05) is 0 Å². The van der Waals surface area contributed by atoms with Gasteiger partial charge in [-0.2, -0.15) is 0 Å². The van der Waals surface area contributed by atoms with Gasteiger partial charge < -0.3 is 4.74 Å². The van der Waals surface area contributed by atoms with Crippen LogP contribution in [0.2, 0.25) is 0 Å². The number of allylic oxidation sites excluding steroid dienone is 1. The molecule has 3 nitrogen and oxygen atoms in total. The van der Waals surface area contributed by atoms with E-state index in [0.717, 1.165) is 19.3 Å². The molecule has 80 valence electrons. The fourth-order valence-electron chi connectivity index (χ4n) is 0.905. The van der Waals surface area contributed by atoms with Crippen LogP contribution in [0.5, 0.6) is 0 Å². The Hall–Kier alpha value is -1.12. The Kier molecular flexibility index (Phi) is 6.72. The molecule has 0 N–H and O–H groups in total. The summed E-state index contributed by atoms with van der Waals surface area (Å²) in [6, 6.07) is 0. The molecule has 0 aliphatic carbocycles. The molecule has 0 saturated carbocycles. The maximum atomic E-state index is 10.7. The summed E-state index contributed by atoms with van der Waals surface area (Å²) in [6.45, 7) is 5.52. The summed E-state index contributed by atoms with van der Waals surface area (Å²) in [6.07, 6.45) is 6.17. The van der Waals surface area contributed by atoms with Crippen molar-refractivity contribution >= 4 is 11.8 Å². The van der Waals surface area contributed by atoms with Crippen molar-refractivity contribution < 1.29 is 14.3 Å². The number of rotatable bonds is 6. The van der Waals surface area contributed by atoms with Crippen molar-refractivity contribution in [2.75, 3.05) is 0 Å². The fraction of sp³-hybridized carbons (Fsp3) is 0.636. The van der Waals surface area contributed by atoms with Crippen LogP contribution in [0.1, 0.15) is 40.0 Å². The molecule has 0 aromatic heterocycles. The molecule has 0 saturated heterocycles. The lowest BCUT2D eigenvalue weighted by Crippen LogP contribution is -2.09. The third kappa shape index (κ3) is 7.53. The van der Waals surface area contributed by atoms with Crippen LogP contribution in [0.3, 0.4) is 0 Å². The number of hydrogen-bond acceptors (Lipinski definition) is 3. The SMILES string of the molecule is CC(=O)C(=O)OC=CCCCC(C)C. The lowest BCUT2D eigenvalue weighted by atomic mass is 10.1. The number of Topliss-reactive ketones (excluding diaryl/α,β-unsaturated/α-hetero) is 1. The van der Waals surface area contributed by atoms with Crippen LogP contribution >= 0.6 is 0 Å². The highest BCUT2D eigenvalue weighted by molar-refractivity contribution is 6.32. The lowest BCUT2D eigenvalue weighted by Gasteiger charge is -2.00. The van der Waals surface area contributed by atoms with Crippen molar-refractivity contribution in [3.05, 3.63) is 12.3 Å². The molecule has 0 aliphatic rings. The molecule has 14 heavy (non-hydrogen) atoms. The zero-order chi connectivity index (χ0) is 11.0. The molecular formula is C11H18O3. The Labute approximate surface area is 85.1 Å². The molecule has 0 rings (SSSR count). The largest absolute Gasteiger partial charge is 0.429 e. The predicted molar refractivity (Wildman–Crippen MR) is 54.6 cm³/mol. The van der Waals surface area contributed by atoms with Crippen molar-refractivity contribution in [1.29, 1.82) is 0 Å². The molecule has 0 fully saturated rings. The van der Waals surface area contributed by atoms with E-state index in [9.17, 15) is 9.59 Å². The quantitative estimate of drug-likeness (QED) is 0.285. The molecule has 0 atom stereocenters. The summed E-state index contributed by atoms with van der Waals surface area (Å²) in [5.41, 5.74) is 0. The maximum absolute atomic E-state index is 10.7. The van der Waals surface area contributed by atoms with Crippen molar-refractivity contribution in [1.82, 2.24) is 0 Å². The van der Waals surface area contributed by atoms with Crippen molar-refractivity contribution in [3.63, 3.8) is 0 Å². The van der Waals surface area contributed by atoms with Gasteiger partial charge in [0.2, 0.25) is 5.78 Å². The minimum Gasteiger partial charge on any atom is -0.429 e. The van der Waals surface area contributed by atoms with Crippen molar-refractivity contribution in [2.45, 2.75) is 40.0 Å². The van der Waals surface area contributed by atoms with Crippen molar-refractivity contribution in [2.24, 2.45) is 5.92 Å². The molecule has 0 aromatic rings. The predicted octanol–water partition coefficient (Wildman–Crippen LogP) is 2.46. The van der Waals surface area contributed by atoms with E-state index >= 15 is 0 Å². The summed E-state index contributed by atoms with van der Waals surface area (Å²) in [5, 5.41) is 0. The topological polar surface area (TPSA) is 43.4 Å². The van der Waals surface area contributed by atoms with Gasteiger partial charge in [0.25, 0.3) is 0 Å². The first-order valence-electron chi connectivity index (χ1n) is 4.90. The summed E-state index contributed by atoms with van der Waals surface area (Å²) in [5.74, 6) is -0.676. The van der Waals surface area contributed by atoms with Crippen LogP contribution in [-0.2, 0) is 14.3 Å². The first kappa shape index (κ1) is 12.9. The maximum Gasteiger partial charge on any atom is 0.379 e. The van der Waals surface area contributed by atoms with Gasteiger partial charge in [-0.15, -0.1) is 0 Å². The number of unbranched alkanes of at least 4 members (excludes halogenated alkanes) is 1. The average Bonchev–Trinajstić information content (AvgIpc) is 2.09. The minimum absolute atomic E-state index is 0.572. The number of esters is 1. The van der Waals surface area contributed by atoms with Crippen molar-refractivity contribution in [3.8, 4) is 0 Å². The summed E-state index contributed by atoms with van der Waals surface area (Å²) in [4.78, 5) is 21.1. The smallest absolute Gasteiger partial charge is 0.379 e. The number of hydrogen-bond donors (Lipinski definition) is 0. The second-order valence-electron chi connectivity index (χ2n) is 3.66. The van der Waals surface area contributed by atoms with E-state index in [4.69, 9.17) is 0 Å². The standard InChI is InChI=1S/C11H18O3/c1-9(2)7-5-4-6-8-14-11(13)10(3)12/h6,8-9H,4-5,7H2,1-3H3. The Bertz CT molecular complexity index is 217. The highest BCUT2D eigenvalue weighted by atomic mass is 16.5. The van der Waals surface area contributed by atoms with Gasteiger partial charge in [-0.05, 0) is 24.8 Å². The highest BCUT2D eigenvalue weighted by Gasteiger charge is 2.05. The van der Waals surface area contributed by atoms with Crippen LogP contribution in [0.25, 0.3) is 0 Å². The Morgan fingerprint density at radius 2 is 2.00 bits per heavy atom. The normalized spacial score (nSPS) is 10.9. The van der Waals surface area contributed by atoms with Gasteiger partial charge in [-0.25, -0.2) is 4.79 Å². The number of carbonyl (C=O) groups is 2. The number of ether oxygens (including phenoxy) is 1. The van der Waals surface area contributed by atoms with E-state index in [1.54, 1.807) is 6.08 Å². The molecule has 0 aromatic carbocycles. The van der Waals surface area contributed by atoms with Gasteiger partial charge in [0.05, 0.1) is 6.26 Å². The molecule has 0 radical (unpaired) electrons. The average molecular weight is 198 g/mol. The molecule has 0 bridgehead atoms. The van der Waals surface area contributed by atoms with Gasteiger partial charge in [0.15, 0.2) is 0 Å². The van der Waals surface area contributed by atoms with E-state index in [1.165, 1.54) is 13.2 Å². The van der Waals surface area contributed by atoms with Crippen LogP contribution in [0.4, 0.5) is 0 Å².